The molecule has 0 bridgehead atoms. The molecule has 0 unspecified atom stereocenters. The normalized spacial score (nSPS) is 11.5. The molecule has 0 aromatic heterocycles. The summed E-state index contributed by atoms with van der Waals surface area (Å²) in [5.41, 5.74) is -0.592. The van der Waals surface area contributed by atoms with E-state index in [9.17, 15) is 17.6 Å². The van der Waals surface area contributed by atoms with E-state index in [0.29, 0.717) is 5.56 Å². The first-order valence-electron chi connectivity index (χ1n) is 6.02. The summed E-state index contributed by atoms with van der Waals surface area (Å²) in [6.45, 7) is 1.54. The van der Waals surface area contributed by atoms with Crippen molar-refractivity contribution >= 4 is 11.6 Å². The Labute approximate surface area is 124 Å². The maximum atomic E-state index is 13.8. The topological polar surface area (TPSA) is 9.23 Å². The molecule has 2 rings (SSSR count). The number of halogens is 5. The summed E-state index contributed by atoms with van der Waals surface area (Å²) in [5, 5.41) is 0. The number of hydrogen-bond donors (Lipinski definition) is 0. The number of alkyl halides is 4. The van der Waals surface area contributed by atoms with E-state index in [1.807, 2.05) is 0 Å². The van der Waals surface area contributed by atoms with Gasteiger partial charge in [-0.15, -0.1) is 11.6 Å². The average molecular weight is 319 g/mol. The smallest absolute Gasteiger partial charge is 0.416 e. The zero-order valence-electron chi connectivity index (χ0n) is 11.0. The Bertz CT molecular complexity index is 653. The van der Waals surface area contributed by atoms with Gasteiger partial charge in [0.25, 0.3) is 0 Å². The van der Waals surface area contributed by atoms with Crippen LogP contribution in [0.5, 0.6) is 11.5 Å². The predicted molar refractivity (Wildman–Crippen MR) is 72.2 cm³/mol. The van der Waals surface area contributed by atoms with Gasteiger partial charge in [-0.25, -0.2) is 4.39 Å². The molecule has 0 aliphatic heterocycles. The molecule has 0 heterocycles. The average Bonchev–Trinajstić information content (AvgIpc) is 2.43. The second kappa shape index (κ2) is 5.93. The number of benzene rings is 2. The highest BCUT2D eigenvalue weighted by Gasteiger charge is 2.33. The van der Waals surface area contributed by atoms with Gasteiger partial charge < -0.3 is 4.74 Å². The van der Waals surface area contributed by atoms with Crippen LogP contribution in [0.2, 0.25) is 0 Å². The minimum Gasteiger partial charge on any atom is -0.454 e. The largest absolute Gasteiger partial charge is 0.454 e. The summed E-state index contributed by atoms with van der Waals surface area (Å²) < 4.78 is 57.7. The quantitative estimate of drug-likeness (QED) is 0.522. The highest BCUT2D eigenvalue weighted by Crippen LogP contribution is 2.36. The maximum absolute atomic E-state index is 13.8. The minimum absolute atomic E-state index is 0.0544. The van der Waals surface area contributed by atoms with E-state index in [4.69, 9.17) is 16.3 Å². The van der Waals surface area contributed by atoms with Gasteiger partial charge in [-0.2, -0.15) is 13.2 Å². The molecule has 1 nitrogen and oxygen atoms in total. The van der Waals surface area contributed by atoms with Crippen molar-refractivity contribution in [1.82, 2.24) is 0 Å². The SMILES string of the molecule is Cc1cccc(Oc2ccc(CCl)c(C(F)(F)F)c2)c1F. The standard InChI is InChI=1S/C15H11ClF4O/c1-9-3-2-4-13(14(9)17)21-11-6-5-10(8-16)12(7-11)15(18,19)20/h2-7H,8H2,1H3. The molecule has 0 saturated heterocycles. The van der Waals surface area contributed by atoms with Crippen LogP contribution in [0.25, 0.3) is 0 Å². The van der Waals surface area contributed by atoms with Crippen molar-refractivity contribution in [3.63, 3.8) is 0 Å². The molecule has 6 heteroatoms. The van der Waals surface area contributed by atoms with Crippen molar-refractivity contribution in [2.24, 2.45) is 0 Å². The minimum atomic E-state index is -4.55. The van der Waals surface area contributed by atoms with Crippen molar-refractivity contribution in [3.8, 4) is 11.5 Å². The van der Waals surface area contributed by atoms with Gasteiger partial charge in [0.15, 0.2) is 11.6 Å². The van der Waals surface area contributed by atoms with Gasteiger partial charge in [-0.05, 0) is 36.2 Å². The molecule has 21 heavy (non-hydrogen) atoms. The fraction of sp³-hybridized carbons (Fsp3) is 0.200. The molecular weight excluding hydrogens is 308 g/mol. The predicted octanol–water partition coefficient (Wildman–Crippen LogP) is 5.68. The summed E-state index contributed by atoms with van der Waals surface area (Å²) in [6, 6.07) is 7.82. The van der Waals surface area contributed by atoms with Crippen molar-refractivity contribution in [3.05, 3.63) is 58.9 Å². The van der Waals surface area contributed by atoms with Gasteiger partial charge in [-0.1, -0.05) is 18.2 Å². The summed E-state index contributed by atoms with van der Waals surface area (Å²) in [5.74, 6) is -1.09. The highest BCUT2D eigenvalue weighted by molar-refractivity contribution is 6.17. The van der Waals surface area contributed by atoms with Crippen LogP contribution in [-0.4, -0.2) is 0 Å². The summed E-state index contributed by atoms with van der Waals surface area (Å²) >= 11 is 5.50. The van der Waals surface area contributed by atoms with Crippen molar-refractivity contribution in [1.29, 1.82) is 0 Å². The van der Waals surface area contributed by atoms with Gasteiger partial charge in [0.1, 0.15) is 5.75 Å². The Hall–Kier alpha value is -1.75. The number of aryl methyl sites for hydroxylation is 1. The van der Waals surface area contributed by atoms with E-state index in [1.54, 1.807) is 19.1 Å². The van der Waals surface area contributed by atoms with Crippen molar-refractivity contribution in [2.45, 2.75) is 19.0 Å². The molecule has 112 valence electrons. The highest BCUT2D eigenvalue weighted by atomic mass is 35.5. The number of rotatable bonds is 3. The Morgan fingerprint density at radius 2 is 1.86 bits per heavy atom. The molecule has 2 aromatic rings. The van der Waals surface area contributed by atoms with Crippen LogP contribution in [0, 0.1) is 12.7 Å². The van der Waals surface area contributed by atoms with Gasteiger partial charge in [-0.3, -0.25) is 0 Å². The Kier molecular flexibility index (Phi) is 4.42. The lowest BCUT2D eigenvalue weighted by molar-refractivity contribution is -0.138. The molecule has 0 radical (unpaired) electrons. The summed E-state index contributed by atoms with van der Waals surface area (Å²) in [7, 11) is 0. The van der Waals surface area contributed by atoms with Crippen LogP contribution in [0.15, 0.2) is 36.4 Å². The first-order valence-corrected chi connectivity index (χ1v) is 6.55. The second-order valence-electron chi connectivity index (χ2n) is 4.44. The van der Waals surface area contributed by atoms with Crippen LogP contribution < -0.4 is 4.74 Å². The maximum Gasteiger partial charge on any atom is 0.416 e. The zero-order valence-corrected chi connectivity index (χ0v) is 11.7. The van der Waals surface area contributed by atoms with E-state index in [1.165, 1.54) is 18.2 Å². The van der Waals surface area contributed by atoms with Crippen LogP contribution in [0.3, 0.4) is 0 Å². The zero-order chi connectivity index (χ0) is 15.6. The monoisotopic (exact) mass is 318 g/mol. The molecule has 0 aliphatic rings. The number of hydrogen-bond acceptors (Lipinski definition) is 1. The lowest BCUT2D eigenvalue weighted by Crippen LogP contribution is -2.08. The van der Waals surface area contributed by atoms with Crippen LogP contribution >= 0.6 is 11.6 Å². The Balaban J connectivity index is 2.40. The second-order valence-corrected chi connectivity index (χ2v) is 4.71. The summed E-state index contributed by atoms with van der Waals surface area (Å²) in [4.78, 5) is 0. The first-order chi connectivity index (χ1) is 9.82. The van der Waals surface area contributed by atoms with Crippen LogP contribution in [0.1, 0.15) is 16.7 Å². The molecule has 0 fully saturated rings. The molecule has 0 spiro atoms. The van der Waals surface area contributed by atoms with E-state index >= 15 is 0 Å². The van der Waals surface area contributed by atoms with E-state index in [0.717, 1.165) is 6.07 Å². The molecule has 0 aliphatic carbocycles. The van der Waals surface area contributed by atoms with Gasteiger partial charge in [0.2, 0.25) is 0 Å². The fourth-order valence-electron chi connectivity index (χ4n) is 1.83. The number of ether oxygens (including phenoxy) is 1. The van der Waals surface area contributed by atoms with Crippen molar-refractivity contribution in [2.75, 3.05) is 0 Å². The van der Waals surface area contributed by atoms with Crippen molar-refractivity contribution < 1.29 is 22.3 Å². The third-order valence-electron chi connectivity index (χ3n) is 2.91. The Morgan fingerprint density at radius 3 is 2.48 bits per heavy atom. The lowest BCUT2D eigenvalue weighted by atomic mass is 10.1. The van der Waals surface area contributed by atoms with Gasteiger partial charge in [0, 0.05) is 5.88 Å². The first kappa shape index (κ1) is 15.6. The fourth-order valence-corrected chi connectivity index (χ4v) is 2.06. The molecule has 0 amide bonds. The molecule has 0 N–H and O–H groups in total. The van der Waals surface area contributed by atoms with Crippen LogP contribution in [0.4, 0.5) is 17.6 Å². The third kappa shape index (κ3) is 3.47. The van der Waals surface area contributed by atoms with Gasteiger partial charge in [0.05, 0.1) is 5.56 Å². The van der Waals surface area contributed by atoms with E-state index in [2.05, 4.69) is 0 Å². The van der Waals surface area contributed by atoms with Gasteiger partial charge >= 0.3 is 6.18 Å². The molecule has 2 aromatic carbocycles. The third-order valence-corrected chi connectivity index (χ3v) is 3.20. The van der Waals surface area contributed by atoms with E-state index < -0.39 is 17.6 Å². The van der Waals surface area contributed by atoms with Crippen LogP contribution in [-0.2, 0) is 12.1 Å². The molecule has 0 saturated carbocycles. The van der Waals surface area contributed by atoms with E-state index in [-0.39, 0.29) is 22.9 Å². The summed E-state index contributed by atoms with van der Waals surface area (Å²) in [6.07, 6.45) is -4.55. The Morgan fingerprint density at radius 1 is 1.14 bits per heavy atom. The lowest BCUT2D eigenvalue weighted by Gasteiger charge is -2.14. The molecular formula is C15H11ClF4O. The molecule has 0 atom stereocenters.